The maximum atomic E-state index is 14.2. The molecule has 3 aliphatic heterocycles. The minimum Gasteiger partial charge on any atom is -0.495 e. The number of aliphatic hydroxyl groups is 1. The van der Waals surface area contributed by atoms with Gasteiger partial charge in [-0.05, 0) is 63.1 Å². The molecule has 2 fully saturated rings. The fraction of sp³-hybridized carbons (Fsp3) is 0.488. The molecule has 5 rings (SSSR count). The van der Waals surface area contributed by atoms with Gasteiger partial charge in [-0.3, -0.25) is 19.7 Å². The number of rotatable bonds is 7. The Labute approximate surface area is 342 Å². The number of amides is 4. The van der Waals surface area contributed by atoms with E-state index in [0.717, 1.165) is 11.1 Å². The summed E-state index contributed by atoms with van der Waals surface area (Å²) in [5.74, 6) is -2.50. The molecule has 8 atom stereocenters. The van der Waals surface area contributed by atoms with Crippen molar-refractivity contribution in [3.8, 4) is 5.75 Å². The van der Waals surface area contributed by atoms with E-state index < -0.39 is 71.6 Å². The van der Waals surface area contributed by atoms with E-state index in [2.05, 4.69) is 10.6 Å². The summed E-state index contributed by atoms with van der Waals surface area (Å²) in [4.78, 5) is 69.0. The van der Waals surface area contributed by atoms with Gasteiger partial charge >= 0.3 is 12.1 Å². The zero-order valence-electron chi connectivity index (χ0n) is 34.1. The first-order valence-corrected chi connectivity index (χ1v) is 19.1. The van der Waals surface area contributed by atoms with E-state index in [1.165, 1.54) is 63.1 Å². The summed E-state index contributed by atoms with van der Waals surface area (Å²) in [5.41, 5.74) is 5.49. The van der Waals surface area contributed by atoms with Crippen LogP contribution in [0.2, 0.25) is 5.02 Å². The van der Waals surface area contributed by atoms with Crippen molar-refractivity contribution in [3.63, 3.8) is 0 Å². The number of benzene rings is 2. The van der Waals surface area contributed by atoms with Crippen molar-refractivity contribution in [2.75, 3.05) is 44.3 Å². The number of halogens is 1. The molecule has 3 heterocycles. The van der Waals surface area contributed by atoms with Crippen molar-refractivity contribution in [1.82, 2.24) is 10.2 Å². The van der Waals surface area contributed by atoms with E-state index in [0.29, 0.717) is 17.9 Å². The van der Waals surface area contributed by atoms with Crippen LogP contribution in [0.3, 0.4) is 0 Å². The van der Waals surface area contributed by atoms with Gasteiger partial charge < -0.3 is 49.6 Å². The van der Waals surface area contributed by atoms with Gasteiger partial charge in [-0.1, -0.05) is 42.3 Å². The Morgan fingerprint density at radius 3 is 2.55 bits per heavy atom. The number of nitrogens with two attached hydrogens (primary N) is 1. The lowest BCUT2D eigenvalue weighted by molar-refractivity contribution is -0.158. The topological polar surface area (TPSA) is 212 Å². The van der Waals surface area contributed by atoms with Gasteiger partial charge in [0.05, 0.1) is 36.7 Å². The number of hydrogen-bond donors (Lipinski definition) is 4. The summed E-state index contributed by atoms with van der Waals surface area (Å²) in [6.07, 6.45) is 0.502. The second kappa shape index (κ2) is 17.4. The number of nitrogens with one attached hydrogen (secondary N) is 2. The van der Waals surface area contributed by atoms with Crippen LogP contribution in [0.1, 0.15) is 63.4 Å². The van der Waals surface area contributed by atoms with E-state index in [9.17, 15) is 29.1 Å². The van der Waals surface area contributed by atoms with Crippen molar-refractivity contribution < 1.29 is 52.8 Å². The maximum absolute atomic E-state index is 14.2. The largest absolute Gasteiger partial charge is 0.495 e. The van der Waals surface area contributed by atoms with Crippen LogP contribution in [-0.2, 0) is 39.8 Å². The molecule has 0 aromatic heterocycles. The molecular formula is C41H52ClN5O11. The lowest BCUT2D eigenvalue weighted by Crippen LogP contribution is -2.63. The quantitative estimate of drug-likeness (QED) is 0.174. The van der Waals surface area contributed by atoms with Crippen molar-refractivity contribution in [2.24, 2.45) is 5.92 Å². The molecule has 0 aliphatic carbocycles. The van der Waals surface area contributed by atoms with Gasteiger partial charge in [0.1, 0.15) is 40.7 Å². The van der Waals surface area contributed by atoms with E-state index in [1.807, 2.05) is 13.0 Å². The number of nitrogen functional groups attached to an aromatic ring is 1. The number of carbonyl (C=O) groups is 5. The average Bonchev–Trinajstić information content (AvgIpc) is 3.87. The molecule has 16 nitrogen and oxygen atoms in total. The minimum absolute atomic E-state index is 0.0869. The van der Waals surface area contributed by atoms with Crippen LogP contribution in [0.25, 0.3) is 0 Å². The fourth-order valence-electron chi connectivity index (χ4n) is 7.37. The van der Waals surface area contributed by atoms with Crippen LogP contribution in [0.15, 0.2) is 54.1 Å². The molecular weight excluding hydrogens is 774 g/mol. The van der Waals surface area contributed by atoms with Crippen molar-refractivity contribution >= 4 is 58.4 Å². The van der Waals surface area contributed by atoms with Crippen molar-refractivity contribution in [2.45, 2.75) is 95.7 Å². The van der Waals surface area contributed by atoms with E-state index in [1.54, 1.807) is 45.2 Å². The molecule has 5 N–H and O–H groups in total. The third kappa shape index (κ3) is 9.25. The molecule has 2 saturated heterocycles. The van der Waals surface area contributed by atoms with Crippen molar-refractivity contribution in [1.29, 1.82) is 0 Å². The lowest BCUT2D eigenvalue weighted by atomic mass is 9.83. The second-order valence-electron chi connectivity index (χ2n) is 15.3. The molecule has 4 amide bonds. The number of epoxide rings is 1. The highest BCUT2D eigenvalue weighted by molar-refractivity contribution is 6.35. The Balaban J connectivity index is 1.51. The van der Waals surface area contributed by atoms with Crippen LogP contribution in [0.4, 0.5) is 21.9 Å². The predicted molar refractivity (Wildman–Crippen MR) is 215 cm³/mol. The third-order valence-corrected chi connectivity index (χ3v) is 11.4. The first-order valence-electron chi connectivity index (χ1n) is 18.8. The van der Waals surface area contributed by atoms with E-state index >= 15 is 0 Å². The number of fused-ring (bicyclic) bond motifs is 5. The van der Waals surface area contributed by atoms with Crippen molar-refractivity contribution in [3.05, 3.63) is 70.3 Å². The van der Waals surface area contributed by atoms with Crippen LogP contribution in [0.5, 0.6) is 5.75 Å². The number of methoxy groups -OCH3 is 2. The number of ether oxygens (including phenoxy) is 5. The lowest BCUT2D eigenvalue weighted by Gasteiger charge is -2.42. The Hall–Kier alpha value is -5.16. The van der Waals surface area contributed by atoms with Crippen LogP contribution in [-0.4, -0.2) is 110 Å². The summed E-state index contributed by atoms with van der Waals surface area (Å²) in [5, 5.41) is 17.1. The van der Waals surface area contributed by atoms with Gasteiger partial charge in [0.25, 0.3) is 5.91 Å². The van der Waals surface area contributed by atoms with Gasteiger partial charge in [-0.25, -0.2) is 9.59 Å². The first kappa shape index (κ1) is 44.0. The third-order valence-electron chi connectivity index (χ3n) is 11.1. The molecule has 0 radical (unpaired) electrons. The Bertz CT molecular complexity index is 2020. The summed E-state index contributed by atoms with van der Waals surface area (Å²) in [6, 6.07) is 6.72. The van der Waals surface area contributed by atoms with Crippen LogP contribution >= 0.6 is 11.6 Å². The molecule has 0 unspecified atom stereocenters. The summed E-state index contributed by atoms with van der Waals surface area (Å²) >= 11 is 6.78. The molecule has 17 heteroatoms. The second-order valence-corrected chi connectivity index (χ2v) is 15.7. The normalized spacial score (nSPS) is 29.3. The molecule has 314 valence electrons. The highest BCUT2D eigenvalue weighted by Gasteiger charge is 2.64. The zero-order valence-corrected chi connectivity index (χ0v) is 34.8. The number of hydrogen-bond acceptors (Lipinski definition) is 12. The molecule has 4 bridgehead atoms. The number of esters is 1. The van der Waals surface area contributed by atoms with Crippen LogP contribution in [0, 0.1) is 5.92 Å². The van der Waals surface area contributed by atoms with E-state index in [-0.39, 0.29) is 40.7 Å². The number of carbonyl (C=O) groups excluding carboxylic acids is 5. The molecule has 0 saturated carbocycles. The number of allylic oxidation sites excluding steroid dienone is 3. The maximum Gasteiger partial charge on any atom is 0.409 e. The minimum atomic E-state index is -1.86. The van der Waals surface area contributed by atoms with E-state index in [4.69, 9.17) is 41.0 Å². The standard InChI is InChI=1S/C41H52ClN5O11/c1-21-11-10-12-32(55-9)41(53)20-31(56-39(52)45-41)22(2)36-40(5,58-36)33(19-34(49)47(7)29-16-25(15-21)17-30(54-8)35(29)42)57-38(51)23(3)46(6)37(50)26-13-14-27(43)28(18-26)44-24(4)48/h10-14,16-18,22-23,31-33,36,53H,15,19-20,43H2,1-9H3,(H,44,48)(H,45,52)/b12-10+,21-11+/t22-,23+,31+,32-,33+,36+,40+,41+/m1/s1. The van der Waals surface area contributed by atoms with Gasteiger partial charge in [0.15, 0.2) is 5.72 Å². The fourth-order valence-corrected chi connectivity index (χ4v) is 7.68. The SMILES string of the molecule is COc1cc2cc(c1Cl)N(C)C(=O)C[C@H](OC(=O)[C@H](C)N(C)C(=O)c1ccc(N)c(NC(C)=O)c1)[C@]1(C)O[C@H]1[C@H](C)[C@@H]1C[C@@](O)(NC(=O)O1)[C@H](OC)/C=C/C=C(\C)C2. The number of anilines is 3. The monoisotopic (exact) mass is 825 g/mol. The van der Waals surface area contributed by atoms with Gasteiger partial charge in [-0.2, -0.15) is 0 Å². The van der Waals surface area contributed by atoms with Crippen LogP contribution < -0.4 is 26.0 Å². The summed E-state index contributed by atoms with van der Waals surface area (Å²) in [6.45, 7) is 8.14. The number of likely N-dealkylation sites (N-methyl/N-ethyl adjacent to an activating group) is 1. The summed E-state index contributed by atoms with van der Waals surface area (Å²) < 4.78 is 29.3. The predicted octanol–water partition coefficient (Wildman–Crippen LogP) is 4.37. The zero-order chi connectivity index (χ0) is 42.9. The average molecular weight is 826 g/mol. The Morgan fingerprint density at radius 2 is 1.90 bits per heavy atom. The highest BCUT2D eigenvalue weighted by atomic mass is 35.5. The molecule has 58 heavy (non-hydrogen) atoms. The molecule has 3 aliphatic rings. The van der Waals surface area contributed by atoms with Gasteiger partial charge in [0, 0.05) is 46.0 Å². The Morgan fingerprint density at radius 1 is 1.19 bits per heavy atom. The number of nitrogens with zero attached hydrogens (tertiary/aromatic N) is 2. The molecule has 0 spiro atoms. The van der Waals surface area contributed by atoms with Gasteiger partial charge in [0.2, 0.25) is 11.8 Å². The number of alkyl carbamates (subject to hydrolysis) is 1. The smallest absolute Gasteiger partial charge is 0.409 e. The first-order chi connectivity index (χ1) is 27.2. The van der Waals surface area contributed by atoms with Gasteiger partial charge in [-0.15, -0.1) is 0 Å². The highest BCUT2D eigenvalue weighted by Crippen LogP contribution is 2.49. The molecule has 2 aromatic rings. The Kier molecular flexibility index (Phi) is 13.2. The summed E-state index contributed by atoms with van der Waals surface area (Å²) in [7, 11) is 5.85. The molecule has 2 aromatic carbocycles.